The zero-order valence-corrected chi connectivity index (χ0v) is 17.2. The third-order valence-electron chi connectivity index (χ3n) is 4.56. The highest BCUT2D eigenvalue weighted by molar-refractivity contribution is 7.89. The molecule has 1 fully saturated rings. The first-order valence-corrected chi connectivity index (χ1v) is 11.0. The molecule has 0 aliphatic carbocycles. The topological polar surface area (TPSA) is 75.7 Å². The Balaban J connectivity index is 1.68. The molecule has 1 amide bonds. The van der Waals surface area contributed by atoms with Crippen LogP contribution >= 0.6 is 11.6 Å². The van der Waals surface area contributed by atoms with E-state index in [4.69, 9.17) is 16.3 Å². The zero-order valence-electron chi connectivity index (χ0n) is 15.7. The molecule has 2 aromatic rings. The van der Waals surface area contributed by atoms with Crippen molar-refractivity contribution in [3.05, 3.63) is 53.1 Å². The summed E-state index contributed by atoms with van der Waals surface area (Å²) in [5.74, 6) is 0.156. The third kappa shape index (κ3) is 5.04. The fraction of sp³-hybridized carbons (Fsp3) is 0.350. The fourth-order valence-corrected chi connectivity index (χ4v) is 4.69. The molecule has 1 aliphatic rings. The molecule has 150 valence electrons. The lowest BCUT2D eigenvalue weighted by Crippen LogP contribution is -2.35. The van der Waals surface area contributed by atoms with Gasteiger partial charge in [-0.15, -0.1) is 0 Å². The van der Waals surface area contributed by atoms with Crippen molar-refractivity contribution in [2.45, 2.75) is 31.1 Å². The minimum Gasteiger partial charge on any atom is -0.484 e. The van der Waals surface area contributed by atoms with Crippen molar-refractivity contribution in [3.8, 4) is 5.75 Å². The monoisotopic (exact) mass is 422 g/mol. The summed E-state index contributed by atoms with van der Waals surface area (Å²) in [7, 11) is -3.60. The molecule has 6 nitrogen and oxygen atoms in total. The van der Waals surface area contributed by atoms with Gasteiger partial charge in [0, 0.05) is 13.1 Å². The molecule has 1 heterocycles. The van der Waals surface area contributed by atoms with Gasteiger partial charge in [-0.05, 0) is 50.1 Å². The average Bonchev–Trinajstić information content (AvgIpc) is 2.70. The highest BCUT2D eigenvalue weighted by atomic mass is 35.5. The Kier molecular flexibility index (Phi) is 6.59. The smallest absolute Gasteiger partial charge is 0.262 e. The van der Waals surface area contributed by atoms with E-state index in [-0.39, 0.29) is 22.2 Å². The molecule has 0 radical (unpaired) electrons. The number of aryl methyl sites for hydroxylation is 1. The van der Waals surface area contributed by atoms with Gasteiger partial charge in [0.15, 0.2) is 6.61 Å². The van der Waals surface area contributed by atoms with Gasteiger partial charge >= 0.3 is 0 Å². The normalized spacial score (nSPS) is 15.2. The lowest BCUT2D eigenvalue weighted by atomic mass is 10.2. The largest absolute Gasteiger partial charge is 0.484 e. The fourth-order valence-electron chi connectivity index (χ4n) is 2.98. The average molecular weight is 423 g/mol. The number of halogens is 1. The highest BCUT2D eigenvalue weighted by Gasteiger charge is 2.26. The number of carbonyl (C=O) groups is 1. The van der Waals surface area contributed by atoms with Crippen LogP contribution in [0.15, 0.2) is 47.4 Å². The number of hydrogen-bond acceptors (Lipinski definition) is 4. The van der Waals surface area contributed by atoms with Crippen molar-refractivity contribution < 1.29 is 17.9 Å². The van der Waals surface area contributed by atoms with Gasteiger partial charge in [-0.25, -0.2) is 8.42 Å². The first kappa shape index (κ1) is 20.6. The molecular weight excluding hydrogens is 400 g/mol. The van der Waals surface area contributed by atoms with Crippen LogP contribution in [0.1, 0.15) is 24.8 Å². The van der Waals surface area contributed by atoms with Gasteiger partial charge in [-0.1, -0.05) is 35.7 Å². The number of anilines is 1. The first-order valence-electron chi connectivity index (χ1n) is 9.15. The minimum absolute atomic E-state index is 0.119. The van der Waals surface area contributed by atoms with Gasteiger partial charge in [-0.3, -0.25) is 4.79 Å². The van der Waals surface area contributed by atoms with Gasteiger partial charge in [-0.2, -0.15) is 4.31 Å². The number of nitrogens with zero attached hydrogens (tertiary/aromatic N) is 1. The molecule has 1 saturated heterocycles. The van der Waals surface area contributed by atoms with Crippen LogP contribution in [0.5, 0.6) is 5.75 Å². The Morgan fingerprint density at radius 3 is 2.46 bits per heavy atom. The maximum absolute atomic E-state index is 12.8. The number of benzene rings is 2. The number of nitrogens with one attached hydrogen (secondary N) is 1. The summed E-state index contributed by atoms with van der Waals surface area (Å²) in [6.07, 6.45) is 2.74. The number of rotatable bonds is 6. The van der Waals surface area contributed by atoms with Crippen molar-refractivity contribution >= 4 is 33.2 Å². The minimum atomic E-state index is -3.60. The molecule has 1 aliphatic heterocycles. The predicted molar refractivity (Wildman–Crippen MR) is 109 cm³/mol. The van der Waals surface area contributed by atoms with E-state index in [0.29, 0.717) is 18.8 Å². The van der Waals surface area contributed by atoms with E-state index >= 15 is 0 Å². The molecule has 8 heteroatoms. The summed E-state index contributed by atoms with van der Waals surface area (Å²) in [6.45, 7) is 2.78. The van der Waals surface area contributed by atoms with E-state index in [9.17, 15) is 13.2 Å². The van der Waals surface area contributed by atoms with Gasteiger partial charge in [0.1, 0.15) is 5.75 Å². The lowest BCUT2D eigenvalue weighted by molar-refractivity contribution is -0.118. The third-order valence-corrected chi connectivity index (χ3v) is 6.78. The Morgan fingerprint density at radius 1 is 1.11 bits per heavy atom. The van der Waals surface area contributed by atoms with E-state index in [1.165, 1.54) is 22.5 Å². The predicted octanol–water partition coefficient (Wildman–Crippen LogP) is 3.84. The van der Waals surface area contributed by atoms with Crippen molar-refractivity contribution in [1.29, 1.82) is 0 Å². The summed E-state index contributed by atoms with van der Waals surface area (Å²) in [6, 6.07) is 11.7. The lowest BCUT2D eigenvalue weighted by Gasteiger charge is -2.26. The molecule has 2 aromatic carbocycles. The first-order chi connectivity index (χ1) is 13.4. The summed E-state index contributed by atoms with van der Waals surface area (Å²) in [4.78, 5) is 12.3. The van der Waals surface area contributed by atoms with Crippen LogP contribution in [0.4, 0.5) is 5.69 Å². The molecule has 28 heavy (non-hydrogen) atoms. The van der Waals surface area contributed by atoms with Crippen molar-refractivity contribution in [1.82, 2.24) is 4.31 Å². The van der Waals surface area contributed by atoms with E-state index in [2.05, 4.69) is 5.32 Å². The summed E-state index contributed by atoms with van der Waals surface area (Å²) in [5.41, 5.74) is 1.34. The van der Waals surface area contributed by atoms with Crippen LogP contribution in [0.25, 0.3) is 0 Å². The van der Waals surface area contributed by atoms with E-state index in [1.807, 2.05) is 19.1 Å². The summed E-state index contributed by atoms with van der Waals surface area (Å²) in [5, 5.41) is 2.89. The molecule has 3 rings (SSSR count). The number of sulfonamides is 1. The Hall–Kier alpha value is -2.09. The second-order valence-corrected chi connectivity index (χ2v) is 9.10. The molecule has 1 N–H and O–H groups in total. The van der Waals surface area contributed by atoms with E-state index in [0.717, 1.165) is 24.8 Å². The van der Waals surface area contributed by atoms with Crippen LogP contribution in [0.3, 0.4) is 0 Å². The molecular formula is C20H23ClN2O4S. The van der Waals surface area contributed by atoms with Crippen LogP contribution in [0.2, 0.25) is 5.02 Å². The van der Waals surface area contributed by atoms with Crippen LogP contribution < -0.4 is 10.1 Å². The zero-order chi connectivity index (χ0) is 20.1. The number of carbonyl (C=O) groups excluding carboxylic acids is 1. The standard InChI is InChI=1S/C20H23ClN2O4S/c1-15-5-7-16(8-6-15)27-14-20(24)22-19-13-17(9-10-18(19)21)28(25,26)23-11-3-2-4-12-23/h5-10,13H,2-4,11-12,14H2,1H3,(H,22,24). The Labute approximate surface area is 170 Å². The van der Waals surface area contributed by atoms with E-state index < -0.39 is 15.9 Å². The molecule has 0 unspecified atom stereocenters. The van der Waals surface area contributed by atoms with Gasteiger partial charge in [0.2, 0.25) is 10.0 Å². The number of hydrogen-bond donors (Lipinski definition) is 1. The van der Waals surface area contributed by atoms with Gasteiger partial charge in [0.05, 0.1) is 15.6 Å². The van der Waals surface area contributed by atoms with Crippen molar-refractivity contribution in [3.63, 3.8) is 0 Å². The van der Waals surface area contributed by atoms with Crippen LogP contribution in [-0.2, 0) is 14.8 Å². The second kappa shape index (κ2) is 8.94. The molecule has 0 aromatic heterocycles. The maximum Gasteiger partial charge on any atom is 0.262 e. The van der Waals surface area contributed by atoms with Gasteiger partial charge < -0.3 is 10.1 Å². The Morgan fingerprint density at radius 2 is 1.79 bits per heavy atom. The highest BCUT2D eigenvalue weighted by Crippen LogP contribution is 2.28. The van der Waals surface area contributed by atoms with Crippen molar-refractivity contribution in [2.75, 3.05) is 25.0 Å². The maximum atomic E-state index is 12.8. The number of piperidine rings is 1. The molecule has 0 bridgehead atoms. The number of amides is 1. The molecule has 0 spiro atoms. The quantitative estimate of drug-likeness (QED) is 0.767. The second-order valence-electron chi connectivity index (χ2n) is 6.76. The SMILES string of the molecule is Cc1ccc(OCC(=O)Nc2cc(S(=O)(=O)N3CCCCC3)ccc2Cl)cc1. The Bertz CT molecular complexity index is 939. The van der Waals surface area contributed by atoms with Gasteiger partial charge in [0.25, 0.3) is 5.91 Å². The van der Waals surface area contributed by atoms with Crippen molar-refractivity contribution in [2.24, 2.45) is 0 Å². The van der Waals surface area contributed by atoms with E-state index in [1.54, 1.807) is 12.1 Å². The molecule has 0 saturated carbocycles. The number of ether oxygens (including phenoxy) is 1. The summed E-state index contributed by atoms with van der Waals surface area (Å²) >= 11 is 6.15. The van der Waals surface area contributed by atoms with Crippen LogP contribution in [-0.4, -0.2) is 38.3 Å². The summed E-state index contributed by atoms with van der Waals surface area (Å²) < 4.78 is 32.6. The molecule has 0 atom stereocenters. The van der Waals surface area contributed by atoms with Crippen LogP contribution in [0, 0.1) is 6.92 Å².